The number of amides is 2. The van der Waals surface area contributed by atoms with Gasteiger partial charge in [-0.2, -0.15) is 0 Å². The summed E-state index contributed by atoms with van der Waals surface area (Å²) in [6, 6.07) is 16.1. The number of nitrogens with zero attached hydrogens (tertiary/aromatic N) is 1. The zero-order chi connectivity index (χ0) is 24.6. The molecule has 5 rings (SSSR count). The van der Waals surface area contributed by atoms with Gasteiger partial charge in [0.05, 0.1) is 6.04 Å². The second-order valence-corrected chi connectivity index (χ2v) is 9.81. The Bertz CT molecular complexity index is 1140. The van der Waals surface area contributed by atoms with Gasteiger partial charge in [-0.25, -0.2) is 4.79 Å². The van der Waals surface area contributed by atoms with Crippen LogP contribution in [0.4, 0.5) is 4.79 Å². The van der Waals surface area contributed by atoms with E-state index < -0.39 is 17.5 Å². The topological polar surface area (TPSA) is 95.9 Å². The Balaban J connectivity index is 1.16. The molecule has 1 saturated heterocycles. The molecule has 0 bridgehead atoms. The van der Waals surface area contributed by atoms with Crippen LogP contribution >= 0.6 is 0 Å². The Morgan fingerprint density at radius 2 is 1.69 bits per heavy atom. The highest BCUT2D eigenvalue weighted by Crippen LogP contribution is 2.44. The van der Waals surface area contributed by atoms with Crippen LogP contribution < -0.4 is 5.32 Å². The summed E-state index contributed by atoms with van der Waals surface area (Å²) in [4.78, 5) is 38.7. The van der Waals surface area contributed by atoms with Gasteiger partial charge in [-0.1, -0.05) is 67.6 Å². The van der Waals surface area contributed by atoms with Crippen LogP contribution in [0.3, 0.4) is 0 Å². The summed E-state index contributed by atoms with van der Waals surface area (Å²) in [6.45, 7) is 2.58. The molecule has 1 heterocycles. The summed E-state index contributed by atoms with van der Waals surface area (Å²) >= 11 is 0. The molecule has 182 valence electrons. The van der Waals surface area contributed by atoms with Crippen molar-refractivity contribution >= 4 is 18.0 Å². The van der Waals surface area contributed by atoms with Crippen molar-refractivity contribution in [1.82, 2.24) is 10.2 Å². The number of benzene rings is 2. The van der Waals surface area contributed by atoms with Gasteiger partial charge < -0.3 is 20.1 Å². The van der Waals surface area contributed by atoms with Gasteiger partial charge in [0.1, 0.15) is 12.0 Å². The van der Waals surface area contributed by atoms with Gasteiger partial charge in [-0.3, -0.25) is 9.59 Å². The molecule has 2 aromatic carbocycles. The van der Waals surface area contributed by atoms with Crippen LogP contribution in [-0.2, 0) is 14.3 Å². The Labute approximate surface area is 204 Å². The summed E-state index contributed by atoms with van der Waals surface area (Å²) in [5.41, 5.74) is 3.84. The molecule has 0 spiro atoms. The van der Waals surface area contributed by atoms with Crippen LogP contribution in [0.25, 0.3) is 11.1 Å². The second kappa shape index (κ2) is 9.21. The van der Waals surface area contributed by atoms with E-state index in [-0.39, 0.29) is 43.5 Å². The number of carbonyl (C=O) groups excluding carboxylic acids is 2. The average Bonchev–Trinajstić information content (AvgIpc) is 3.16. The van der Waals surface area contributed by atoms with E-state index in [1.807, 2.05) is 43.3 Å². The van der Waals surface area contributed by atoms with Gasteiger partial charge in [0.2, 0.25) is 5.91 Å². The van der Waals surface area contributed by atoms with Gasteiger partial charge in [-0.15, -0.1) is 0 Å². The molecule has 7 heteroatoms. The summed E-state index contributed by atoms with van der Waals surface area (Å²) in [7, 11) is 0. The van der Waals surface area contributed by atoms with Gasteiger partial charge in [-0.05, 0) is 41.5 Å². The van der Waals surface area contributed by atoms with E-state index in [1.165, 1.54) is 11.1 Å². The average molecular weight is 475 g/mol. The van der Waals surface area contributed by atoms with Gasteiger partial charge in [0.25, 0.3) is 0 Å². The number of alkyl carbamates (subject to hydrolysis) is 1. The summed E-state index contributed by atoms with van der Waals surface area (Å²) in [5.74, 6) is -1.17. The van der Waals surface area contributed by atoms with Gasteiger partial charge in [0.15, 0.2) is 0 Å². The lowest BCUT2D eigenvalue weighted by molar-refractivity contribution is -0.168. The third-order valence-corrected chi connectivity index (χ3v) is 7.75. The van der Waals surface area contributed by atoms with Crippen molar-refractivity contribution < 1.29 is 24.2 Å². The number of aliphatic carboxylic acids is 1. The minimum atomic E-state index is -0.845. The molecule has 0 radical (unpaired) electrons. The first-order chi connectivity index (χ1) is 16.9. The maximum absolute atomic E-state index is 12.9. The van der Waals surface area contributed by atoms with Crippen molar-refractivity contribution in [2.75, 3.05) is 19.7 Å². The number of nitrogens with one attached hydrogen (secondary N) is 1. The van der Waals surface area contributed by atoms with Crippen molar-refractivity contribution in [2.24, 2.45) is 11.3 Å². The van der Waals surface area contributed by atoms with Crippen molar-refractivity contribution in [3.8, 4) is 11.1 Å². The maximum atomic E-state index is 12.9. The van der Waals surface area contributed by atoms with Crippen LogP contribution in [0.5, 0.6) is 0 Å². The molecule has 2 aliphatic carbocycles. The SMILES string of the molecule is CCC1(C(=O)O)CN(C(=O)[C@@H]2CC=C[C@@H](NC(=O)OCC3c4ccccc4-c4ccccc43)C2)C1. The number of likely N-dealkylation sites (tertiary alicyclic amines) is 1. The number of rotatable bonds is 6. The van der Waals surface area contributed by atoms with Crippen molar-refractivity contribution in [3.05, 3.63) is 71.8 Å². The summed E-state index contributed by atoms with van der Waals surface area (Å²) in [6.07, 6.45) is 4.86. The number of carboxylic acids is 1. The van der Waals surface area contributed by atoms with Gasteiger partial charge in [0, 0.05) is 24.9 Å². The van der Waals surface area contributed by atoms with Crippen molar-refractivity contribution in [2.45, 2.75) is 38.1 Å². The number of carboxylic acid groups (broad SMARTS) is 1. The largest absolute Gasteiger partial charge is 0.481 e. The number of allylic oxidation sites excluding steroid dienone is 1. The number of hydrogen-bond donors (Lipinski definition) is 2. The van der Waals surface area contributed by atoms with Crippen LogP contribution in [0.2, 0.25) is 0 Å². The summed E-state index contributed by atoms with van der Waals surface area (Å²) in [5, 5.41) is 12.3. The molecule has 2 aromatic rings. The minimum absolute atomic E-state index is 0.0103. The lowest BCUT2D eigenvalue weighted by Gasteiger charge is -2.48. The van der Waals surface area contributed by atoms with E-state index in [0.717, 1.165) is 11.1 Å². The first-order valence-electron chi connectivity index (χ1n) is 12.2. The van der Waals surface area contributed by atoms with E-state index in [9.17, 15) is 19.5 Å². The predicted molar refractivity (Wildman–Crippen MR) is 131 cm³/mol. The minimum Gasteiger partial charge on any atom is -0.481 e. The van der Waals surface area contributed by atoms with Gasteiger partial charge >= 0.3 is 12.1 Å². The van der Waals surface area contributed by atoms with E-state index in [2.05, 4.69) is 29.6 Å². The molecule has 0 aromatic heterocycles. The number of fused-ring (bicyclic) bond motifs is 3. The van der Waals surface area contributed by atoms with E-state index in [1.54, 1.807) is 4.90 Å². The molecule has 7 nitrogen and oxygen atoms in total. The van der Waals surface area contributed by atoms with E-state index in [4.69, 9.17) is 4.74 Å². The molecule has 1 aliphatic heterocycles. The Kier molecular flexibility index (Phi) is 6.09. The molecule has 2 amide bonds. The highest BCUT2D eigenvalue weighted by molar-refractivity contribution is 5.85. The van der Waals surface area contributed by atoms with Crippen LogP contribution in [0, 0.1) is 11.3 Å². The molecule has 0 saturated carbocycles. The van der Waals surface area contributed by atoms with E-state index in [0.29, 0.717) is 19.3 Å². The monoisotopic (exact) mass is 474 g/mol. The standard InChI is InChI=1S/C28H30N2O5/c1-2-28(26(32)33)16-30(17-28)25(31)18-8-7-9-19(14-18)29-27(34)35-15-24-22-12-5-3-10-20(22)21-11-4-6-13-23(21)24/h3-7,9-13,18-19,24H,2,8,14-17H2,1H3,(H,29,34)(H,32,33)/t18-,19-/m1/s1. The van der Waals surface area contributed by atoms with Crippen LogP contribution in [0.1, 0.15) is 43.2 Å². The lowest BCUT2D eigenvalue weighted by atomic mass is 9.76. The maximum Gasteiger partial charge on any atom is 0.407 e. The van der Waals surface area contributed by atoms with E-state index >= 15 is 0 Å². The zero-order valence-corrected chi connectivity index (χ0v) is 19.8. The van der Waals surface area contributed by atoms with Crippen molar-refractivity contribution in [3.63, 3.8) is 0 Å². The molecule has 0 unspecified atom stereocenters. The fraction of sp³-hybridized carbons (Fsp3) is 0.393. The Hall–Kier alpha value is -3.61. The Morgan fingerprint density at radius 1 is 1.06 bits per heavy atom. The quantitative estimate of drug-likeness (QED) is 0.613. The lowest BCUT2D eigenvalue weighted by Crippen LogP contribution is -2.63. The van der Waals surface area contributed by atoms with Crippen molar-refractivity contribution in [1.29, 1.82) is 0 Å². The Morgan fingerprint density at radius 3 is 2.29 bits per heavy atom. The molecular formula is C28H30N2O5. The first kappa shape index (κ1) is 23.1. The molecular weight excluding hydrogens is 444 g/mol. The van der Waals surface area contributed by atoms with Crippen LogP contribution in [0.15, 0.2) is 60.7 Å². The highest BCUT2D eigenvalue weighted by atomic mass is 16.5. The molecule has 2 atom stereocenters. The second-order valence-electron chi connectivity index (χ2n) is 9.81. The molecule has 35 heavy (non-hydrogen) atoms. The first-order valence-corrected chi connectivity index (χ1v) is 12.2. The third kappa shape index (κ3) is 4.20. The van der Waals surface area contributed by atoms with Crippen LogP contribution in [-0.4, -0.2) is 53.7 Å². The number of ether oxygens (including phenoxy) is 1. The fourth-order valence-corrected chi connectivity index (χ4v) is 5.60. The molecule has 2 N–H and O–H groups in total. The normalized spacial score (nSPS) is 22.0. The number of carbonyl (C=O) groups is 3. The fourth-order valence-electron chi connectivity index (χ4n) is 5.60. The highest BCUT2D eigenvalue weighted by Gasteiger charge is 2.50. The molecule has 3 aliphatic rings. The smallest absolute Gasteiger partial charge is 0.407 e. The molecule has 1 fully saturated rings. The predicted octanol–water partition coefficient (Wildman–Crippen LogP) is 4.18. The zero-order valence-electron chi connectivity index (χ0n) is 19.8. The number of hydrogen-bond acceptors (Lipinski definition) is 4. The summed E-state index contributed by atoms with van der Waals surface area (Å²) < 4.78 is 5.64. The third-order valence-electron chi connectivity index (χ3n) is 7.75.